The van der Waals surface area contributed by atoms with Crippen LogP contribution in [0, 0.1) is 13.8 Å². The second-order valence-corrected chi connectivity index (χ2v) is 6.08. The first-order valence-electron chi connectivity index (χ1n) is 8.09. The van der Waals surface area contributed by atoms with Crippen LogP contribution in [0.3, 0.4) is 0 Å². The Bertz CT molecular complexity index is 795. The molecule has 2 heterocycles. The van der Waals surface area contributed by atoms with E-state index in [-0.39, 0.29) is 12.4 Å². The average molecular weight is 363 g/mol. The number of Topliss-reactive ketones (excluding diaryl/α,β-unsaturated/α-hetero) is 1. The van der Waals surface area contributed by atoms with Crippen LogP contribution < -0.4 is 0 Å². The minimum atomic E-state index is -1.00. The van der Waals surface area contributed by atoms with Gasteiger partial charge in [0.1, 0.15) is 0 Å². The number of esters is 1. The van der Waals surface area contributed by atoms with Gasteiger partial charge in [0.2, 0.25) is 0 Å². The number of rotatable bonds is 7. The van der Waals surface area contributed by atoms with E-state index >= 15 is 0 Å². The van der Waals surface area contributed by atoms with Crippen LogP contribution in [-0.4, -0.2) is 64.7 Å². The topological polar surface area (TPSA) is 106 Å². The minimum Gasteiger partial charge on any atom is -0.469 e. The highest BCUT2D eigenvalue weighted by Gasteiger charge is 2.43. The molecule has 140 valence electrons. The van der Waals surface area contributed by atoms with Gasteiger partial charge in [-0.1, -0.05) is 0 Å². The van der Waals surface area contributed by atoms with Crippen LogP contribution in [0.15, 0.2) is 6.07 Å². The summed E-state index contributed by atoms with van der Waals surface area (Å²) in [6.07, 6.45) is 0.821. The number of hydrogen-bond acceptors (Lipinski definition) is 6. The van der Waals surface area contributed by atoms with Gasteiger partial charge in [0.25, 0.3) is 0 Å². The Labute approximate surface area is 150 Å². The zero-order chi connectivity index (χ0) is 19.6. The zero-order valence-electron chi connectivity index (χ0n) is 15.2. The quantitative estimate of drug-likeness (QED) is 0.305. The lowest BCUT2D eigenvalue weighted by Crippen LogP contribution is -2.36. The number of imide groups is 2. The summed E-state index contributed by atoms with van der Waals surface area (Å²) in [6, 6.07) is 0.868. The third-order valence-electron chi connectivity index (χ3n) is 4.42. The number of aromatic nitrogens is 1. The fraction of sp³-hybridized carbons (Fsp3) is 0.471. The second kappa shape index (κ2) is 7.51. The largest absolute Gasteiger partial charge is 0.469 e. The molecule has 0 radical (unpaired) electrons. The van der Waals surface area contributed by atoms with E-state index in [2.05, 4.69) is 4.74 Å². The molecule has 0 bridgehead atoms. The molecule has 1 aromatic heterocycles. The lowest BCUT2D eigenvalue weighted by Gasteiger charge is -2.12. The van der Waals surface area contributed by atoms with Gasteiger partial charge < -0.3 is 9.30 Å². The Morgan fingerprint density at radius 1 is 1.12 bits per heavy atom. The summed E-state index contributed by atoms with van der Waals surface area (Å²) < 4.78 is 6.49. The Kier molecular flexibility index (Phi) is 5.59. The molecule has 0 aromatic carbocycles. The molecule has 1 fully saturated rings. The molecular weight excluding hydrogens is 342 g/mol. The highest BCUT2D eigenvalue weighted by atomic mass is 16.5. The first-order chi connectivity index (χ1) is 12.2. The van der Waals surface area contributed by atoms with E-state index in [0.29, 0.717) is 34.0 Å². The second-order valence-electron chi connectivity index (χ2n) is 6.08. The Hall–Kier alpha value is -2.97. The maximum absolute atomic E-state index is 12.6. The molecule has 0 aliphatic carbocycles. The number of ether oxygens (including phenoxy) is 1. The third kappa shape index (κ3) is 3.51. The molecule has 9 nitrogen and oxygen atoms in total. The summed E-state index contributed by atoms with van der Waals surface area (Å²) in [5.41, 5.74) is 1.88. The minimum absolute atomic E-state index is 0.266. The number of methoxy groups -OCH3 is 1. The number of carbonyl (C=O) groups is 5. The maximum Gasteiger partial charge on any atom is 0.334 e. The number of hydrogen-bond donors (Lipinski definition) is 0. The first kappa shape index (κ1) is 19.4. The summed E-state index contributed by atoms with van der Waals surface area (Å²) in [6.45, 7) is 3.62. The predicted molar refractivity (Wildman–Crippen MR) is 89.4 cm³/mol. The van der Waals surface area contributed by atoms with Crippen molar-refractivity contribution in [2.24, 2.45) is 0 Å². The lowest BCUT2D eigenvalue weighted by atomic mass is 10.1. The van der Waals surface area contributed by atoms with Gasteiger partial charge in [-0.25, -0.2) is 9.69 Å². The maximum atomic E-state index is 12.6. The molecule has 1 aliphatic rings. The average Bonchev–Trinajstić information content (AvgIpc) is 2.99. The normalized spacial score (nSPS) is 14.4. The van der Waals surface area contributed by atoms with Crippen molar-refractivity contribution in [3.05, 3.63) is 23.0 Å². The number of aryl methyl sites for hydroxylation is 1. The number of amides is 4. The molecule has 0 unspecified atom stereocenters. The first-order valence-corrected chi connectivity index (χ1v) is 8.09. The predicted octanol–water partition coefficient (Wildman–Crippen LogP) is 0.661. The van der Waals surface area contributed by atoms with Crippen molar-refractivity contribution in [2.75, 3.05) is 20.7 Å². The van der Waals surface area contributed by atoms with Crippen molar-refractivity contribution >= 4 is 29.6 Å². The summed E-state index contributed by atoms with van der Waals surface area (Å²) in [4.78, 5) is 60.3. The number of carbonyl (C=O) groups excluding carboxylic acids is 5. The van der Waals surface area contributed by atoms with Gasteiger partial charge >= 0.3 is 23.8 Å². The number of nitrogens with zero attached hydrogens (tertiary/aromatic N) is 3. The highest BCUT2D eigenvalue weighted by molar-refractivity contribution is 6.45. The van der Waals surface area contributed by atoms with Crippen LogP contribution in [-0.2, 0) is 25.7 Å². The number of likely N-dealkylation sites (N-methyl/N-ethyl adjacent to an activating group) is 1. The van der Waals surface area contributed by atoms with Crippen molar-refractivity contribution in [3.8, 4) is 0 Å². The van der Waals surface area contributed by atoms with E-state index in [0.717, 1.165) is 5.69 Å². The molecule has 0 N–H and O–H groups in total. The Balaban J connectivity index is 2.12. The van der Waals surface area contributed by atoms with Crippen LogP contribution in [0.5, 0.6) is 0 Å². The van der Waals surface area contributed by atoms with Gasteiger partial charge in [-0.2, -0.15) is 0 Å². The van der Waals surface area contributed by atoms with E-state index < -0.39 is 30.2 Å². The fourth-order valence-electron chi connectivity index (χ4n) is 2.89. The Morgan fingerprint density at radius 2 is 1.77 bits per heavy atom. The van der Waals surface area contributed by atoms with Crippen LogP contribution in [0.4, 0.5) is 4.79 Å². The standard InChI is InChI=1S/C17H21N3O6/c1-10-8-12(11(2)19(10)7-5-6-14(22)26-4)13(21)9-20-16(24)15(23)18(3)17(20)25/h8H,5-7,9H2,1-4H3. The molecule has 1 aromatic rings. The van der Waals surface area contributed by atoms with Crippen molar-refractivity contribution in [2.45, 2.75) is 33.2 Å². The molecule has 1 saturated heterocycles. The van der Waals surface area contributed by atoms with Crippen LogP contribution in [0.1, 0.15) is 34.6 Å². The smallest absolute Gasteiger partial charge is 0.334 e. The van der Waals surface area contributed by atoms with Crippen molar-refractivity contribution in [3.63, 3.8) is 0 Å². The van der Waals surface area contributed by atoms with Gasteiger partial charge in [0, 0.05) is 37.0 Å². The number of urea groups is 1. The van der Waals surface area contributed by atoms with E-state index in [1.165, 1.54) is 14.2 Å². The van der Waals surface area contributed by atoms with Crippen molar-refractivity contribution < 1.29 is 28.7 Å². The molecule has 4 amide bonds. The van der Waals surface area contributed by atoms with Gasteiger partial charge in [0.15, 0.2) is 5.78 Å². The molecule has 2 rings (SSSR count). The van der Waals surface area contributed by atoms with E-state index in [9.17, 15) is 24.0 Å². The molecule has 0 atom stereocenters. The van der Waals surface area contributed by atoms with Gasteiger partial charge in [-0.15, -0.1) is 0 Å². The van der Waals surface area contributed by atoms with Crippen molar-refractivity contribution in [1.29, 1.82) is 0 Å². The number of ketones is 1. The van der Waals surface area contributed by atoms with E-state index in [4.69, 9.17) is 0 Å². The molecule has 1 aliphatic heterocycles. The summed E-state index contributed by atoms with van der Waals surface area (Å²) >= 11 is 0. The van der Waals surface area contributed by atoms with Crippen molar-refractivity contribution in [1.82, 2.24) is 14.4 Å². The molecule has 26 heavy (non-hydrogen) atoms. The monoisotopic (exact) mass is 363 g/mol. The lowest BCUT2D eigenvalue weighted by molar-refractivity contribution is -0.142. The van der Waals surface area contributed by atoms with Gasteiger partial charge in [-0.3, -0.25) is 24.1 Å². The molecule has 0 saturated carbocycles. The summed E-state index contributed by atoms with van der Waals surface area (Å²) in [5, 5.41) is 0. The van der Waals surface area contributed by atoms with E-state index in [1.807, 2.05) is 11.5 Å². The SMILES string of the molecule is COC(=O)CCCn1c(C)cc(C(=O)CN2C(=O)C(=O)N(C)C2=O)c1C. The Morgan fingerprint density at radius 3 is 2.31 bits per heavy atom. The van der Waals surface area contributed by atoms with Crippen LogP contribution in [0.2, 0.25) is 0 Å². The van der Waals surface area contributed by atoms with Gasteiger partial charge in [-0.05, 0) is 26.3 Å². The highest BCUT2D eigenvalue weighted by Crippen LogP contribution is 2.19. The summed E-state index contributed by atoms with van der Waals surface area (Å²) in [7, 11) is 2.52. The van der Waals surface area contributed by atoms with Crippen LogP contribution in [0.25, 0.3) is 0 Å². The summed E-state index contributed by atoms with van der Waals surface area (Å²) in [5.74, 6) is -2.68. The molecule has 9 heteroatoms. The molecule has 0 spiro atoms. The van der Waals surface area contributed by atoms with E-state index in [1.54, 1.807) is 13.0 Å². The third-order valence-corrected chi connectivity index (χ3v) is 4.42. The van der Waals surface area contributed by atoms with Gasteiger partial charge in [0.05, 0.1) is 13.7 Å². The fourth-order valence-corrected chi connectivity index (χ4v) is 2.89. The molecular formula is C17H21N3O6. The zero-order valence-corrected chi connectivity index (χ0v) is 15.2. The van der Waals surface area contributed by atoms with Crippen LogP contribution >= 0.6 is 0 Å².